The number of piperidine rings is 1. The third kappa shape index (κ3) is 3.34. The smallest absolute Gasteiger partial charge is 0.287 e. The summed E-state index contributed by atoms with van der Waals surface area (Å²) in [6.45, 7) is 0.653. The molecule has 2 aromatic heterocycles. The molecule has 1 unspecified atom stereocenters. The zero-order valence-electron chi connectivity index (χ0n) is 12.5. The lowest BCUT2D eigenvalue weighted by Crippen LogP contribution is -2.43. The third-order valence-corrected chi connectivity index (χ3v) is 4.76. The van der Waals surface area contributed by atoms with E-state index in [2.05, 4.69) is 10.1 Å². The molecule has 1 aliphatic rings. The molecular formula is C14H15N5O3S. The number of nitro groups is 1. The Morgan fingerprint density at radius 2 is 2.22 bits per heavy atom. The summed E-state index contributed by atoms with van der Waals surface area (Å²) >= 11 is 1.34. The van der Waals surface area contributed by atoms with Crippen molar-refractivity contribution < 1.29 is 9.72 Å². The van der Waals surface area contributed by atoms with E-state index in [1.54, 1.807) is 21.8 Å². The molecule has 3 heterocycles. The highest BCUT2D eigenvalue weighted by Gasteiger charge is 2.31. The number of nitrogens with zero attached hydrogens (tertiary/aromatic N) is 5. The van der Waals surface area contributed by atoms with E-state index in [1.165, 1.54) is 24.0 Å². The number of anilines is 1. The van der Waals surface area contributed by atoms with E-state index in [4.69, 9.17) is 0 Å². The highest BCUT2D eigenvalue weighted by Crippen LogP contribution is 2.31. The van der Waals surface area contributed by atoms with Gasteiger partial charge in [0, 0.05) is 31.9 Å². The van der Waals surface area contributed by atoms with Crippen LogP contribution in [-0.2, 0) is 11.8 Å². The average Bonchev–Trinajstić information content (AvgIpc) is 2.96. The van der Waals surface area contributed by atoms with Crippen molar-refractivity contribution >= 4 is 29.2 Å². The highest BCUT2D eigenvalue weighted by molar-refractivity contribution is 8.00. The third-order valence-electron chi connectivity index (χ3n) is 3.56. The average molecular weight is 333 g/mol. The first-order chi connectivity index (χ1) is 11.0. The van der Waals surface area contributed by atoms with Crippen molar-refractivity contribution in [1.29, 1.82) is 0 Å². The number of hydrogen-bond acceptors (Lipinski definition) is 6. The van der Waals surface area contributed by atoms with E-state index in [0.717, 1.165) is 12.8 Å². The van der Waals surface area contributed by atoms with Crippen molar-refractivity contribution in [2.24, 2.45) is 7.05 Å². The number of thioether (sulfide) groups is 1. The van der Waals surface area contributed by atoms with Crippen molar-refractivity contribution in [2.75, 3.05) is 11.4 Å². The molecule has 2 aromatic rings. The van der Waals surface area contributed by atoms with E-state index in [-0.39, 0.29) is 16.8 Å². The molecule has 1 amide bonds. The minimum absolute atomic E-state index is 0.0000952. The van der Waals surface area contributed by atoms with Crippen LogP contribution in [0, 0.1) is 10.1 Å². The van der Waals surface area contributed by atoms with Crippen molar-refractivity contribution in [3.63, 3.8) is 0 Å². The Bertz CT molecular complexity index is 730. The molecule has 0 spiro atoms. The maximum Gasteiger partial charge on any atom is 0.287 e. The van der Waals surface area contributed by atoms with Gasteiger partial charge in [-0.25, -0.2) is 4.98 Å². The summed E-state index contributed by atoms with van der Waals surface area (Å²) in [6.07, 6.45) is 4.65. The molecular weight excluding hydrogens is 318 g/mol. The molecule has 120 valence electrons. The van der Waals surface area contributed by atoms with E-state index in [9.17, 15) is 14.9 Å². The van der Waals surface area contributed by atoms with Gasteiger partial charge >= 0.3 is 0 Å². The van der Waals surface area contributed by atoms with Gasteiger partial charge in [-0.2, -0.15) is 5.10 Å². The van der Waals surface area contributed by atoms with Crippen LogP contribution in [0.4, 0.5) is 11.5 Å². The number of pyridine rings is 1. The first kappa shape index (κ1) is 15.5. The fourth-order valence-electron chi connectivity index (χ4n) is 2.42. The minimum atomic E-state index is -0.490. The van der Waals surface area contributed by atoms with Crippen LogP contribution >= 0.6 is 11.8 Å². The monoisotopic (exact) mass is 333 g/mol. The first-order valence-electron chi connectivity index (χ1n) is 7.13. The van der Waals surface area contributed by atoms with Crippen molar-refractivity contribution in [3.8, 4) is 0 Å². The highest BCUT2D eigenvalue weighted by atomic mass is 32.2. The summed E-state index contributed by atoms with van der Waals surface area (Å²) in [5.74, 6) is 0.652. The van der Waals surface area contributed by atoms with Crippen LogP contribution in [0.5, 0.6) is 0 Å². The Morgan fingerprint density at radius 1 is 1.39 bits per heavy atom. The van der Waals surface area contributed by atoms with E-state index >= 15 is 0 Å². The SMILES string of the molecule is Cn1ccc(N2CCCC(Sc3ccc([N+](=O)[O-])cn3)C2=O)n1. The predicted molar refractivity (Wildman–Crippen MR) is 85.3 cm³/mol. The second-order valence-electron chi connectivity index (χ2n) is 5.20. The Morgan fingerprint density at radius 3 is 2.83 bits per heavy atom. The van der Waals surface area contributed by atoms with Crippen LogP contribution in [0.25, 0.3) is 0 Å². The number of carbonyl (C=O) groups excluding carboxylic acids is 1. The quantitative estimate of drug-likeness (QED) is 0.627. The van der Waals surface area contributed by atoms with Gasteiger partial charge in [-0.15, -0.1) is 0 Å². The van der Waals surface area contributed by atoms with Crippen LogP contribution in [-0.4, -0.2) is 37.4 Å². The van der Waals surface area contributed by atoms with Gasteiger partial charge in [0.25, 0.3) is 5.69 Å². The zero-order valence-corrected chi connectivity index (χ0v) is 13.3. The Hall–Kier alpha value is -2.42. The van der Waals surface area contributed by atoms with Crippen LogP contribution in [0.15, 0.2) is 35.6 Å². The van der Waals surface area contributed by atoms with Gasteiger partial charge in [0.2, 0.25) is 5.91 Å². The normalized spacial score (nSPS) is 18.2. The Labute approximate surface area is 136 Å². The zero-order chi connectivity index (χ0) is 16.4. The Balaban J connectivity index is 1.72. The maximum atomic E-state index is 12.6. The molecule has 3 rings (SSSR count). The first-order valence-corrected chi connectivity index (χ1v) is 8.00. The van der Waals surface area contributed by atoms with Crippen LogP contribution < -0.4 is 4.90 Å². The molecule has 0 bridgehead atoms. The molecule has 0 saturated carbocycles. The van der Waals surface area contributed by atoms with Gasteiger partial charge in [-0.1, -0.05) is 11.8 Å². The van der Waals surface area contributed by atoms with Gasteiger partial charge < -0.3 is 0 Å². The molecule has 1 aliphatic heterocycles. The van der Waals surface area contributed by atoms with Crippen LogP contribution in [0.3, 0.4) is 0 Å². The lowest BCUT2D eigenvalue weighted by molar-refractivity contribution is -0.385. The van der Waals surface area contributed by atoms with Crippen LogP contribution in [0.1, 0.15) is 12.8 Å². The fraction of sp³-hybridized carbons (Fsp3) is 0.357. The second-order valence-corrected chi connectivity index (χ2v) is 6.42. The van der Waals surface area contributed by atoms with E-state index in [0.29, 0.717) is 17.4 Å². The van der Waals surface area contributed by atoms with Gasteiger partial charge in [0.15, 0.2) is 5.82 Å². The lowest BCUT2D eigenvalue weighted by Gasteiger charge is -2.30. The van der Waals surface area contributed by atoms with E-state index in [1.807, 2.05) is 13.1 Å². The molecule has 1 fully saturated rings. The summed E-state index contributed by atoms with van der Waals surface area (Å²) in [4.78, 5) is 28.5. The Kier molecular flexibility index (Phi) is 4.28. The topological polar surface area (TPSA) is 94.2 Å². The van der Waals surface area contributed by atoms with Gasteiger partial charge in [-0.3, -0.25) is 24.5 Å². The number of rotatable bonds is 4. The molecule has 23 heavy (non-hydrogen) atoms. The molecule has 1 saturated heterocycles. The minimum Gasteiger partial charge on any atom is -0.294 e. The molecule has 0 aliphatic carbocycles. The number of amides is 1. The maximum absolute atomic E-state index is 12.6. The summed E-state index contributed by atoms with van der Waals surface area (Å²) in [7, 11) is 1.81. The van der Waals surface area contributed by atoms with E-state index < -0.39 is 4.92 Å². The van der Waals surface area contributed by atoms with Gasteiger partial charge in [-0.05, 0) is 18.9 Å². The second kappa shape index (κ2) is 6.37. The number of carbonyl (C=O) groups is 1. The van der Waals surface area contributed by atoms with Crippen molar-refractivity contribution in [3.05, 3.63) is 40.7 Å². The summed E-state index contributed by atoms with van der Waals surface area (Å²) in [6, 6.07) is 4.80. The van der Waals surface area contributed by atoms with Gasteiger partial charge in [0.05, 0.1) is 15.2 Å². The number of hydrogen-bond donors (Lipinski definition) is 0. The molecule has 1 atom stereocenters. The standard InChI is InChI=1S/C14H15N5O3S/c1-17-8-6-12(16-17)18-7-2-3-11(14(18)20)23-13-5-4-10(9-15-13)19(21)22/h4-6,8-9,11H,2-3,7H2,1H3. The predicted octanol–water partition coefficient (Wildman–Crippen LogP) is 2.01. The molecule has 9 heteroatoms. The molecule has 8 nitrogen and oxygen atoms in total. The van der Waals surface area contributed by atoms with Crippen LogP contribution in [0.2, 0.25) is 0 Å². The lowest BCUT2D eigenvalue weighted by atomic mass is 10.1. The fourth-order valence-corrected chi connectivity index (χ4v) is 3.49. The van der Waals surface area contributed by atoms with Gasteiger partial charge in [0.1, 0.15) is 6.20 Å². The number of aromatic nitrogens is 3. The molecule has 0 aromatic carbocycles. The molecule has 0 N–H and O–H groups in total. The summed E-state index contributed by atoms with van der Waals surface area (Å²) in [5, 5.41) is 15.3. The molecule has 0 radical (unpaired) electrons. The van der Waals surface area contributed by atoms with Crippen molar-refractivity contribution in [1.82, 2.24) is 14.8 Å². The number of aryl methyl sites for hydroxylation is 1. The van der Waals surface area contributed by atoms with Crippen molar-refractivity contribution in [2.45, 2.75) is 23.1 Å². The largest absolute Gasteiger partial charge is 0.294 e. The summed E-state index contributed by atoms with van der Waals surface area (Å²) in [5.41, 5.74) is -0.0561. The summed E-state index contributed by atoms with van der Waals surface area (Å²) < 4.78 is 1.66.